The summed E-state index contributed by atoms with van der Waals surface area (Å²) in [5.41, 5.74) is 0.353. The van der Waals surface area contributed by atoms with Crippen molar-refractivity contribution in [3.05, 3.63) is 54.0 Å². The van der Waals surface area contributed by atoms with Gasteiger partial charge in [0.1, 0.15) is 0 Å². The molecule has 162 valence electrons. The van der Waals surface area contributed by atoms with Crippen LogP contribution in [0.4, 0.5) is 0 Å². The highest BCUT2D eigenvalue weighted by atomic mass is 32.2. The van der Waals surface area contributed by atoms with Crippen molar-refractivity contribution in [1.82, 2.24) is 14.9 Å². The van der Waals surface area contributed by atoms with Gasteiger partial charge in [-0.15, -0.1) is 0 Å². The van der Waals surface area contributed by atoms with E-state index in [1.165, 1.54) is 34.8 Å². The van der Waals surface area contributed by atoms with E-state index in [1.807, 2.05) is 0 Å². The molecule has 8 nitrogen and oxygen atoms in total. The molecule has 0 spiro atoms. The molecule has 0 radical (unpaired) electrons. The van der Waals surface area contributed by atoms with Gasteiger partial charge in [0.15, 0.2) is 5.76 Å². The Bertz CT molecular complexity index is 961. The second-order valence-corrected chi connectivity index (χ2v) is 9.72. The largest absolute Gasteiger partial charge is 0.459 e. The molecule has 0 saturated carbocycles. The number of carbonyl (C=O) groups is 2. The van der Waals surface area contributed by atoms with E-state index in [9.17, 15) is 18.0 Å². The highest BCUT2D eigenvalue weighted by Crippen LogP contribution is 2.26. The Hall–Kier alpha value is -2.65. The van der Waals surface area contributed by atoms with Crippen molar-refractivity contribution < 1.29 is 22.4 Å². The third-order valence-electron chi connectivity index (χ3n) is 5.03. The van der Waals surface area contributed by atoms with Gasteiger partial charge in [0, 0.05) is 31.7 Å². The molecule has 0 aliphatic carbocycles. The third-order valence-corrected chi connectivity index (χ3v) is 6.88. The summed E-state index contributed by atoms with van der Waals surface area (Å²) in [6.45, 7) is 5.61. The number of nitrogens with zero attached hydrogens (tertiary/aromatic N) is 1. The summed E-state index contributed by atoms with van der Waals surface area (Å²) in [5.74, 6) is 0.149. The lowest BCUT2D eigenvalue weighted by Crippen LogP contribution is -2.42. The minimum atomic E-state index is -3.58. The van der Waals surface area contributed by atoms with Gasteiger partial charge in [0.25, 0.3) is 11.8 Å². The molecule has 3 rings (SSSR count). The Morgan fingerprint density at radius 1 is 1.00 bits per heavy atom. The second-order valence-electron chi connectivity index (χ2n) is 7.78. The third kappa shape index (κ3) is 5.28. The smallest absolute Gasteiger partial charge is 0.287 e. The highest BCUT2D eigenvalue weighted by Gasteiger charge is 2.31. The number of hydrogen-bond donors (Lipinski definition) is 2. The predicted octanol–water partition coefficient (Wildman–Crippen LogP) is 2.11. The average Bonchev–Trinajstić information content (AvgIpc) is 3.25. The predicted molar refractivity (Wildman–Crippen MR) is 112 cm³/mol. The fourth-order valence-electron chi connectivity index (χ4n) is 3.68. The molecule has 1 aromatic heterocycles. The summed E-state index contributed by atoms with van der Waals surface area (Å²) in [6, 6.07) is 9.10. The fraction of sp³-hybridized carbons (Fsp3) is 0.429. The molecule has 1 fully saturated rings. The maximum atomic E-state index is 12.9. The van der Waals surface area contributed by atoms with Crippen molar-refractivity contribution in [3.8, 4) is 0 Å². The van der Waals surface area contributed by atoms with Gasteiger partial charge in [-0.3, -0.25) is 9.59 Å². The normalized spacial score (nSPS) is 19.9. The summed E-state index contributed by atoms with van der Waals surface area (Å²) in [4.78, 5) is 24.2. The molecule has 1 saturated heterocycles. The zero-order chi connectivity index (χ0) is 21.7. The Labute approximate surface area is 176 Å². The van der Waals surface area contributed by atoms with Gasteiger partial charge in [-0.1, -0.05) is 13.8 Å². The molecule has 0 bridgehead atoms. The number of carbonyl (C=O) groups excluding carboxylic acids is 2. The first-order valence-electron chi connectivity index (χ1n) is 9.97. The first-order chi connectivity index (χ1) is 14.3. The number of piperidine rings is 1. The summed E-state index contributed by atoms with van der Waals surface area (Å²) < 4.78 is 32.3. The van der Waals surface area contributed by atoms with Gasteiger partial charge in [0.05, 0.1) is 11.2 Å². The van der Waals surface area contributed by atoms with Crippen LogP contribution in [0.3, 0.4) is 0 Å². The zero-order valence-corrected chi connectivity index (χ0v) is 17.9. The molecule has 9 heteroatoms. The number of rotatable bonds is 7. The van der Waals surface area contributed by atoms with Gasteiger partial charge in [-0.05, 0) is 54.7 Å². The average molecular weight is 434 g/mol. The molecule has 2 aromatic rings. The van der Waals surface area contributed by atoms with Crippen LogP contribution < -0.4 is 10.6 Å². The van der Waals surface area contributed by atoms with Crippen LogP contribution in [0.1, 0.15) is 41.2 Å². The number of hydrogen-bond acceptors (Lipinski definition) is 5. The van der Waals surface area contributed by atoms with Crippen LogP contribution in [-0.4, -0.2) is 50.7 Å². The molecule has 1 aliphatic heterocycles. The van der Waals surface area contributed by atoms with Crippen molar-refractivity contribution in [2.45, 2.75) is 25.2 Å². The molecule has 2 unspecified atom stereocenters. The number of nitrogens with one attached hydrogen (secondary N) is 2. The minimum absolute atomic E-state index is 0.186. The Kier molecular flexibility index (Phi) is 6.94. The van der Waals surface area contributed by atoms with Crippen LogP contribution >= 0.6 is 0 Å². The van der Waals surface area contributed by atoms with Crippen molar-refractivity contribution in [3.63, 3.8) is 0 Å². The van der Waals surface area contributed by atoms with Crippen molar-refractivity contribution in [2.24, 2.45) is 11.8 Å². The maximum absolute atomic E-state index is 12.9. The van der Waals surface area contributed by atoms with Gasteiger partial charge >= 0.3 is 0 Å². The Balaban J connectivity index is 1.53. The molecular formula is C21H27N3O5S. The number of furan rings is 1. The van der Waals surface area contributed by atoms with Gasteiger partial charge < -0.3 is 15.1 Å². The minimum Gasteiger partial charge on any atom is -0.459 e. The van der Waals surface area contributed by atoms with Crippen LogP contribution in [0.15, 0.2) is 52.0 Å². The lowest BCUT2D eigenvalue weighted by Gasteiger charge is -2.34. The standard InChI is InChI=1S/C21H27N3O5S/c1-15-12-16(2)14-24(13-15)30(27,28)18-7-5-17(6-8-18)20(25)22-9-10-23-21(26)19-4-3-11-29-19/h3-8,11,15-16H,9-10,12-14H2,1-2H3,(H,22,25)(H,23,26). The van der Waals surface area contributed by atoms with Gasteiger partial charge in [-0.25, -0.2) is 8.42 Å². The first kappa shape index (κ1) is 22.0. The molecule has 1 aliphatic rings. The van der Waals surface area contributed by atoms with Gasteiger partial charge in [0.2, 0.25) is 10.0 Å². The fourth-order valence-corrected chi connectivity index (χ4v) is 5.36. The Morgan fingerprint density at radius 3 is 2.17 bits per heavy atom. The highest BCUT2D eigenvalue weighted by molar-refractivity contribution is 7.89. The van der Waals surface area contributed by atoms with E-state index < -0.39 is 10.0 Å². The molecular weight excluding hydrogens is 406 g/mol. The monoisotopic (exact) mass is 433 g/mol. The van der Waals surface area contributed by atoms with E-state index in [-0.39, 0.29) is 35.6 Å². The molecule has 30 heavy (non-hydrogen) atoms. The van der Waals surface area contributed by atoms with E-state index in [0.717, 1.165) is 6.42 Å². The van der Waals surface area contributed by atoms with Crippen LogP contribution in [0, 0.1) is 11.8 Å². The molecule has 2 atom stereocenters. The number of amides is 2. The quantitative estimate of drug-likeness (QED) is 0.650. The molecule has 1 aromatic carbocycles. The van der Waals surface area contributed by atoms with E-state index in [0.29, 0.717) is 30.5 Å². The number of benzene rings is 1. The van der Waals surface area contributed by atoms with E-state index in [4.69, 9.17) is 4.42 Å². The summed E-state index contributed by atoms with van der Waals surface area (Å²) in [7, 11) is -3.58. The lowest BCUT2D eigenvalue weighted by molar-refractivity contribution is 0.0910. The van der Waals surface area contributed by atoms with Crippen LogP contribution in [0.25, 0.3) is 0 Å². The number of sulfonamides is 1. The second kappa shape index (κ2) is 9.44. The van der Waals surface area contributed by atoms with Crippen LogP contribution in [-0.2, 0) is 10.0 Å². The van der Waals surface area contributed by atoms with E-state index >= 15 is 0 Å². The van der Waals surface area contributed by atoms with E-state index in [2.05, 4.69) is 24.5 Å². The lowest BCUT2D eigenvalue weighted by atomic mass is 9.94. The van der Waals surface area contributed by atoms with Crippen LogP contribution in [0.5, 0.6) is 0 Å². The van der Waals surface area contributed by atoms with Crippen molar-refractivity contribution in [2.75, 3.05) is 26.2 Å². The molecule has 2 N–H and O–H groups in total. The zero-order valence-electron chi connectivity index (χ0n) is 17.1. The first-order valence-corrected chi connectivity index (χ1v) is 11.4. The summed E-state index contributed by atoms with van der Waals surface area (Å²) in [6.07, 6.45) is 2.43. The topological polar surface area (TPSA) is 109 Å². The maximum Gasteiger partial charge on any atom is 0.287 e. The summed E-state index contributed by atoms with van der Waals surface area (Å²) in [5, 5.41) is 5.32. The molecule has 2 heterocycles. The SMILES string of the molecule is CC1CC(C)CN(S(=O)(=O)c2ccc(C(=O)NCCNC(=O)c3ccco3)cc2)C1. The van der Waals surface area contributed by atoms with Crippen molar-refractivity contribution >= 4 is 21.8 Å². The Morgan fingerprint density at radius 2 is 1.60 bits per heavy atom. The summed E-state index contributed by atoms with van der Waals surface area (Å²) >= 11 is 0. The van der Waals surface area contributed by atoms with Gasteiger partial charge in [-0.2, -0.15) is 4.31 Å². The van der Waals surface area contributed by atoms with Crippen LogP contribution in [0.2, 0.25) is 0 Å². The van der Waals surface area contributed by atoms with E-state index in [1.54, 1.807) is 12.1 Å². The molecule has 2 amide bonds. The van der Waals surface area contributed by atoms with Crippen molar-refractivity contribution in [1.29, 1.82) is 0 Å².